The summed E-state index contributed by atoms with van der Waals surface area (Å²) >= 11 is 0. The number of nitrogens with zero attached hydrogens (tertiary/aromatic N) is 1. The first-order valence-electron chi connectivity index (χ1n) is 9.46. The van der Waals surface area contributed by atoms with Gasteiger partial charge >= 0.3 is 0 Å². The Morgan fingerprint density at radius 2 is 1.83 bits per heavy atom. The van der Waals surface area contributed by atoms with E-state index in [1.165, 1.54) is 37.1 Å². The molecule has 1 heterocycles. The molecule has 0 aliphatic carbocycles. The molecule has 1 atom stereocenters. The maximum atomic E-state index is 5.96. The van der Waals surface area contributed by atoms with E-state index in [-0.39, 0.29) is 5.60 Å². The monoisotopic (exact) mass is 333 g/mol. The highest BCUT2D eigenvalue weighted by Crippen LogP contribution is 2.46. The Morgan fingerprint density at radius 3 is 2.38 bits per heavy atom. The fraction of sp³-hybridized carbons (Fsp3) is 0.714. The molecular weight excluding hydrogens is 296 g/mol. The van der Waals surface area contributed by atoms with Gasteiger partial charge in [0.2, 0.25) is 0 Å². The SMILES string of the molecule is CC(C)[C@]1(CC[NH2+]Cc2ccc(N(C)C)cc2)CCOC(C)(C)C1. The minimum Gasteiger partial charge on any atom is -0.378 e. The van der Waals surface area contributed by atoms with Crippen molar-refractivity contribution in [2.45, 2.75) is 59.1 Å². The fourth-order valence-electron chi connectivity index (χ4n) is 4.10. The van der Waals surface area contributed by atoms with Crippen molar-refractivity contribution in [1.29, 1.82) is 0 Å². The lowest BCUT2D eigenvalue weighted by Gasteiger charge is -2.47. The van der Waals surface area contributed by atoms with Gasteiger partial charge in [-0.1, -0.05) is 26.0 Å². The molecule has 0 amide bonds. The van der Waals surface area contributed by atoms with Gasteiger partial charge in [-0.25, -0.2) is 0 Å². The number of hydrogen-bond donors (Lipinski definition) is 1. The van der Waals surface area contributed by atoms with E-state index < -0.39 is 0 Å². The van der Waals surface area contributed by atoms with Gasteiger partial charge < -0.3 is 15.0 Å². The molecule has 0 bridgehead atoms. The maximum Gasteiger partial charge on any atom is 0.101 e. The highest BCUT2D eigenvalue weighted by atomic mass is 16.5. The Balaban J connectivity index is 1.85. The van der Waals surface area contributed by atoms with E-state index in [1.54, 1.807) is 0 Å². The van der Waals surface area contributed by atoms with E-state index in [1.807, 2.05) is 0 Å². The average Bonchev–Trinajstić information content (AvgIpc) is 2.51. The molecule has 136 valence electrons. The second kappa shape index (κ2) is 7.88. The number of nitrogens with two attached hydrogens (primary N) is 1. The molecule has 24 heavy (non-hydrogen) atoms. The lowest BCUT2D eigenvalue weighted by molar-refractivity contribution is -0.672. The second-order valence-electron chi connectivity index (χ2n) is 8.64. The van der Waals surface area contributed by atoms with E-state index in [0.29, 0.717) is 11.3 Å². The van der Waals surface area contributed by atoms with E-state index in [0.717, 1.165) is 13.2 Å². The Hall–Kier alpha value is -1.06. The number of benzene rings is 1. The van der Waals surface area contributed by atoms with Crippen molar-refractivity contribution >= 4 is 5.69 Å². The van der Waals surface area contributed by atoms with Crippen LogP contribution in [0.25, 0.3) is 0 Å². The molecule has 0 aromatic heterocycles. The summed E-state index contributed by atoms with van der Waals surface area (Å²) in [4.78, 5) is 2.15. The number of ether oxygens (including phenoxy) is 1. The number of rotatable bonds is 7. The van der Waals surface area contributed by atoms with Crippen LogP contribution >= 0.6 is 0 Å². The van der Waals surface area contributed by atoms with Crippen LogP contribution in [0.1, 0.15) is 52.5 Å². The van der Waals surface area contributed by atoms with Crippen molar-refractivity contribution in [2.75, 3.05) is 32.1 Å². The predicted molar refractivity (Wildman–Crippen MR) is 102 cm³/mol. The first kappa shape index (κ1) is 19.3. The third kappa shape index (κ3) is 4.97. The molecule has 1 aliphatic rings. The molecular formula is C21H37N2O+. The summed E-state index contributed by atoms with van der Waals surface area (Å²) in [6.45, 7) is 12.5. The van der Waals surface area contributed by atoms with Crippen molar-refractivity contribution in [3.8, 4) is 0 Å². The number of anilines is 1. The molecule has 2 N–H and O–H groups in total. The fourth-order valence-corrected chi connectivity index (χ4v) is 4.10. The van der Waals surface area contributed by atoms with Gasteiger partial charge in [0.1, 0.15) is 6.54 Å². The third-order valence-electron chi connectivity index (χ3n) is 5.77. The van der Waals surface area contributed by atoms with Gasteiger partial charge in [0, 0.05) is 38.4 Å². The molecule has 1 aromatic carbocycles. The molecule has 1 fully saturated rings. The molecule has 0 spiro atoms. The van der Waals surface area contributed by atoms with Gasteiger partial charge in [-0.15, -0.1) is 0 Å². The first-order chi connectivity index (χ1) is 11.2. The van der Waals surface area contributed by atoms with Gasteiger partial charge in [0.15, 0.2) is 0 Å². The first-order valence-corrected chi connectivity index (χ1v) is 9.46. The number of quaternary nitrogens is 1. The zero-order valence-electron chi connectivity index (χ0n) is 16.6. The van der Waals surface area contributed by atoms with Gasteiger partial charge in [0.25, 0.3) is 0 Å². The van der Waals surface area contributed by atoms with Gasteiger partial charge in [0.05, 0.1) is 12.1 Å². The lowest BCUT2D eigenvalue weighted by Crippen LogP contribution is -2.83. The molecule has 0 unspecified atom stereocenters. The Labute approximate surface area is 148 Å². The van der Waals surface area contributed by atoms with Crippen LogP contribution in [0, 0.1) is 11.3 Å². The van der Waals surface area contributed by atoms with Crippen LogP contribution < -0.4 is 10.2 Å². The Kier molecular flexibility index (Phi) is 6.33. The zero-order valence-corrected chi connectivity index (χ0v) is 16.6. The maximum absolute atomic E-state index is 5.96. The molecule has 0 saturated carbocycles. The normalized spacial score (nSPS) is 23.5. The van der Waals surface area contributed by atoms with E-state index in [2.05, 4.69) is 76.3 Å². The summed E-state index contributed by atoms with van der Waals surface area (Å²) in [7, 11) is 4.17. The standard InChI is InChI=1S/C21H36N2O/c1-17(2)21(12-14-24-20(3,4)16-21)11-13-22-15-18-7-9-19(10-8-18)23(5)6/h7-10,17,22H,11-16H2,1-6H3/p+1/t21-/m1/s1. The quantitative estimate of drug-likeness (QED) is 0.775. The highest BCUT2D eigenvalue weighted by molar-refractivity contribution is 5.45. The van der Waals surface area contributed by atoms with Crippen LogP contribution in [0.3, 0.4) is 0 Å². The lowest BCUT2D eigenvalue weighted by atomic mass is 9.65. The van der Waals surface area contributed by atoms with Gasteiger partial charge in [-0.05, 0) is 50.2 Å². The summed E-state index contributed by atoms with van der Waals surface area (Å²) in [6.07, 6.45) is 3.68. The summed E-state index contributed by atoms with van der Waals surface area (Å²) in [5, 5.41) is 2.47. The van der Waals surface area contributed by atoms with Crippen LogP contribution in [-0.2, 0) is 11.3 Å². The zero-order chi connectivity index (χ0) is 17.8. The largest absolute Gasteiger partial charge is 0.378 e. The smallest absolute Gasteiger partial charge is 0.101 e. The molecule has 1 aliphatic heterocycles. The number of hydrogen-bond acceptors (Lipinski definition) is 2. The topological polar surface area (TPSA) is 29.1 Å². The summed E-state index contributed by atoms with van der Waals surface area (Å²) < 4.78 is 5.96. The molecule has 0 radical (unpaired) electrons. The van der Waals surface area contributed by atoms with Crippen LogP contribution in [0.5, 0.6) is 0 Å². The molecule has 2 rings (SSSR count). The Morgan fingerprint density at radius 1 is 1.17 bits per heavy atom. The van der Waals surface area contributed by atoms with Gasteiger partial charge in [-0.2, -0.15) is 0 Å². The molecule has 1 saturated heterocycles. The molecule has 3 nitrogen and oxygen atoms in total. The second-order valence-corrected chi connectivity index (χ2v) is 8.64. The summed E-state index contributed by atoms with van der Waals surface area (Å²) in [5.41, 5.74) is 3.14. The average molecular weight is 334 g/mol. The third-order valence-corrected chi connectivity index (χ3v) is 5.77. The van der Waals surface area contributed by atoms with Crippen molar-refractivity contribution in [2.24, 2.45) is 11.3 Å². The predicted octanol–water partition coefficient (Wildman–Crippen LogP) is 3.44. The van der Waals surface area contributed by atoms with Crippen molar-refractivity contribution in [1.82, 2.24) is 0 Å². The minimum atomic E-state index is 0.0323. The minimum absolute atomic E-state index is 0.0323. The van der Waals surface area contributed by atoms with Gasteiger partial charge in [-0.3, -0.25) is 0 Å². The van der Waals surface area contributed by atoms with Crippen molar-refractivity contribution in [3.63, 3.8) is 0 Å². The van der Waals surface area contributed by atoms with Crippen LogP contribution in [-0.4, -0.2) is 32.8 Å². The van der Waals surface area contributed by atoms with Crippen LogP contribution in [0.15, 0.2) is 24.3 Å². The van der Waals surface area contributed by atoms with Crippen LogP contribution in [0.4, 0.5) is 5.69 Å². The molecule has 3 heteroatoms. The molecule has 1 aromatic rings. The van der Waals surface area contributed by atoms with Crippen molar-refractivity contribution in [3.05, 3.63) is 29.8 Å². The van der Waals surface area contributed by atoms with E-state index >= 15 is 0 Å². The highest BCUT2D eigenvalue weighted by Gasteiger charge is 2.42. The summed E-state index contributed by atoms with van der Waals surface area (Å²) in [6, 6.07) is 8.92. The van der Waals surface area contributed by atoms with E-state index in [4.69, 9.17) is 4.74 Å². The summed E-state index contributed by atoms with van der Waals surface area (Å²) in [5.74, 6) is 0.716. The van der Waals surface area contributed by atoms with Crippen molar-refractivity contribution < 1.29 is 10.1 Å². The van der Waals surface area contributed by atoms with Crippen LogP contribution in [0.2, 0.25) is 0 Å². The Bertz CT molecular complexity index is 507. The van der Waals surface area contributed by atoms with E-state index in [9.17, 15) is 0 Å².